The number of hydrogen-bond donors (Lipinski definition) is 1. The SMILES string of the molecule is O=Nc1c(O)n(Cc2ccc(Cl)cc2Cl)c2ccc([N+](=O)[O-])cc12. The van der Waals surface area contributed by atoms with Crippen LogP contribution in [-0.2, 0) is 6.54 Å². The van der Waals surface area contributed by atoms with Crippen LogP contribution in [-0.4, -0.2) is 14.6 Å². The van der Waals surface area contributed by atoms with Gasteiger partial charge in [0.25, 0.3) is 5.69 Å². The standard InChI is InChI=1S/C15H9Cl2N3O4/c16-9-2-1-8(12(17)5-9)7-19-13-4-3-10(20(23)24)6-11(13)14(18-22)15(19)21/h1-6,21H,7H2. The quantitative estimate of drug-likeness (QED) is 0.399. The Labute approximate surface area is 145 Å². The molecule has 1 N–H and O–H groups in total. The molecular weight excluding hydrogens is 357 g/mol. The topological polar surface area (TPSA) is 97.7 Å². The summed E-state index contributed by atoms with van der Waals surface area (Å²) in [5.41, 5.74) is 0.635. The highest BCUT2D eigenvalue weighted by atomic mass is 35.5. The zero-order valence-electron chi connectivity index (χ0n) is 11.9. The van der Waals surface area contributed by atoms with Crippen molar-refractivity contribution in [3.8, 4) is 5.88 Å². The predicted octanol–water partition coefficient (Wildman–Crippen LogP) is 5.01. The Morgan fingerprint density at radius 3 is 2.58 bits per heavy atom. The van der Waals surface area contributed by atoms with Gasteiger partial charge in [0.2, 0.25) is 5.88 Å². The van der Waals surface area contributed by atoms with E-state index < -0.39 is 4.92 Å². The van der Waals surface area contributed by atoms with Gasteiger partial charge in [-0.1, -0.05) is 29.3 Å². The molecule has 0 radical (unpaired) electrons. The number of aromatic hydroxyl groups is 1. The third-order valence-corrected chi connectivity index (χ3v) is 4.23. The maximum absolute atomic E-state index is 11.1. The van der Waals surface area contributed by atoms with Gasteiger partial charge in [-0.2, -0.15) is 0 Å². The van der Waals surface area contributed by atoms with Crippen molar-refractivity contribution in [2.24, 2.45) is 5.18 Å². The molecule has 0 bridgehead atoms. The second-order valence-corrected chi connectivity index (χ2v) is 5.89. The van der Waals surface area contributed by atoms with E-state index >= 15 is 0 Å². The van der Waals surface area contributed by atoms with Crippen molar-refractivity contribution in [2.75, 3.05) is 0 Å². The second kappa shape index (κ2) is 6.10. The lowest BCUT2D eigenvalue weighted by Gasteiger charge is -2.09. The molecule has 1 aromatic heterocycles. The fourth-order valence-electron chi connectivity index (χ4n) is 2.50. The fourth-order valence-corrected chi connectivity index (χ4v) is 2.96. The Morgan fingerprint density at radius 1 is 1.21 bits per heavy atom. The summed E-state index contributed by atoms with van der Waals surface area (Å²) in [6, 6.07) is 8.84. The zero-order valence-corrected chi connectivity index (χ0v) is 13.5. The highest BCUT2D eigenvalue weighted by molar-refractivity contribution is 6.35. The molecule has 0 saturated heterocycles. The second-order valence-electron chi connectivity index (χ2n) is 5.04. The number of nitro benzene ring substituents is 1. The largest absolute Gasteiger partial charge is 0.493 e. The van der Waals surface area contributed by atoms with E-state index in [1.54, 1.807) is 18.2 Å². The maximum atomic E-state index is 11.1. The Bertz CT molecular complexity index is 984. The normalized spacial score (nSPS) is 10.9. The highest BCUT2D eigenvalue weighted by Gasteiger charge is 2.21. The van der Waals surface area contributed by atoms with Gasteiger partial charge in [-0.15, -0.1) is 4.91 Å². The summed E-state index contributed by atoms with van der Waals surface area (Å²) in [5.74, 6) is -0.383. The molecule has 3 rings (SSSR count). The van der Waals surface area contributed by atoms with Crippen molar-refractivity contribution in [3.05, 3.63) is 67.0 Å². The van der Waals surface area contributed by atoms with E-state index in [2.05, 4.69) is 5.18 Å². The molecule has 122 valence electrons. The number of fused-ring (bicyclic) bond motifs is 1. The molecule has 2 aromatic carbocycles. The molecule has 7 nitrogen and oxygen atoms in total. The third kappa shape index (κ3) is 2.68. The number of benzene rings is 2. The lowest BCUT2D eigenvalue weighted by atomic mass is 10.2. The Hall–Kier alpha value is -2.64. The Balaban J connectivity index is 2.19. The van der Waals surface area contributed by atoms with Crippen molar-refractivity contribution in [1.82, 2.24) is 4.57 Å². The van der Waals surface area contributed by atoms with E-state index in [1.165, 1.54) is 22.8 Å². The van der Waals surface area contributed by atoms with Crippen LogP contribution in [0.15, 0.2) is 41.6 Å². The summed E-state index contributed by atoms with van der Waals surface area (Å²) in [4.78, 5) is 21.4. The summed E-state index contributed by atoms with van der Waals surface area (Å²) >= 11 is 12.0. The first kappa shape index (κ1) is 16.2. The van der Waals surface area contributed by atoms with E-state index in [9.17, 15) is 20.1 Å². The summed E-state index contributed by atoms with van der Waals surface area (Å²) in [6.45, 7) is 0.145. The number of rotatable bonds is 4. The molecule has 3 aromatic rings. The summed E-state index contributed by atoms with van der Waals surface area (Å²) < 4.78 is 1.41. The zero-order chi connectivity index (χ0) is 17.4. The first-order valence-electron chi connectivity index (χ1n) is 6.69. The molecule has 9 heteroatoms. The van der Waals surface area contributed by atoms with Gasteiger partial charge >= 0.3 is 0 Å². The minimum absolute atomic E-state index is 0.145. The Morgan fingerprint density at radius 2 is 1.96 bits per heavy atom. The van der Waals surface area contributed by atoms with Gasteiger partial charge in [-0.25, -0.2) is 0 Å². The maximum Gasteiger partial charge on any atom is 0.270 e. The van der Waals surface area contributed by atoms with E-state index in [4.69, 9.17) is 23.2 Å². The monoisotopic (exact) mass is 365 g/mol. The first-order chi connectivity index (χ1) is 11.4. The van der Waals surface area contributed by atoms with Crippen molar-refractivity contribution >= 4 is 45.5 Å². The van der Waals surface area contributed by atoms with Gasteiger partial charge in [-0.05, 0) is 28.9 Å². The van der Waals surface area contributed by atoms with Gasteiger partial charge < -0.3 is 9.67 Å². The van der Waals surface area contributed by atoms with Crippen LogP contribution in [0.25, 0.3) is 10.9 Å². The highest BCUT2D eigenvalue weighted by Crippen LogP contribution is 2.40. The van der Waals surface area contributed by atoms with E-state index in [-0.39, 0.29) is 29.2 Å². The predicted molar refractivity (Wildman–Crippen MR) is 91.3 cm³/mol. The average Bonchev–Trinajstić information content (AvgIpc) is 2.80. The molecule has 0 saturated carbocycles. The molecule has 1 heterocycles. The van der Waals surface area contributed by atoms with Gasteiger partial charge in [-0.3, -0.25) is 10.1 Å². The van der Waals surface area contributed by atoms with Crippen molar-refractivity contribution in [2.45, 2.75) is 6.54 Å². The molecule has 0 amide bonds. The lowest BCUT2D eigenvalue weighted by molar-refractivity contribution is -0.384. The molecule has 0 fully saturated rings. The number of nitro groups is 1. The number of non-ortho nitro benzene ring substituents is 1. The van der Waals surface area contributed by atoms with E-state index in [1.807, 2.05) is 0 Å². The number of halogens is 2. The van der Waals surface area contributed by atoms with Crippen LogP contribution in [0.2, 0.25) is 10.0 Å². The Kier molecular flexibility index (Phi) is 4.13. The minimum Gasteiger partial charge on any atom is -0.493 e. The van der Waals surface area contributed by atoms with E-state index in [0.29, 0.717) is 21.1 Å². The fraction of sp³-hybridized carbons (Fsp3) is 0.0667. The molecular formula is C15H9Cl2N3O4. The average molecular weight is 366 g/mol. The van der Waals surface area contributed by atoms with Gasteiger partial charge in [0, 0.05) is 27.6 Å². The molecule has 0 spiro atoms. The molecule has 0 aliphatic heterocycles. The van der Waals surface area contributed by atoms with Crippen LogP contribution in [0.1, 0.15) is 5.56 Å². The van der Waals surface area contributed by atoms with Crippen LogP contribution in [0.5, 0.6) is 5.88 Å². The van der Waals surface area contributed by atoms with Crippen LogP contribution in [0.3, 0.4) is 0 Å². The van der Waals surface area contributed by atoms with Crippen LogP contribution >= 0.6 is 23.2 Å². The molecule has 0 aliphatic rings. The third-order valence-electron chi connectivity index (χ3n) is 3.64. The van der Waals surface area contributed by atoms with Crippen molar-refractivity contribution in [3.63, 3.8) is 0 Å². The van der Waals surface area contributed by atoms with Gasteiger partial charge in [0.05, 0.1) is 17.0 Å². The van der Waals surface area contributed by atoms with E-state index in [0.717, 1.165) is 0 Å². The molecule has 0 atom stereocenters. The number of hydrogen-bond acceptors (Lipinski definition) is 5. The summed E-state index contributed by atoms with van der Waals surface area (Å²) in [7, 11) is 0. The summed E-state index contributed by atoms with van der Waals surface area (Å²) in [6.07, 6.45) is 0. The van der Waals surface area contributed by atoms with Crippen LogP contribution in [0, 0.1) is 15.0 Å². The number of nitroso groups, excluding NO2 is 1. The number of aromatic nitrogens is 1. The lowest BCUT2D eigenvalue weighted by Crippen LogP contribution is -1.99. The first-order valence-corrected chi connectivity index (χ1v) is 7.45. The number of nitrogens with zero attached hydrogens (tertiary/aromatic N) is 3. The van der Waals surface area contributed by atoms with Crippen LogP contribution in [0.4, 0.5) is 11.4 Å². The summed E-state index contributed by atoms with van der Waals surface area (Å²) in [5, 5.41) is 25.0. The van der Waals surface area contributed by atoms with Gasteiger partial charge in [0.1, 0.15) is 0 Å². The van der Waals surface area contributed by atoms with Crippen molar-refractivity contribution < 1.29 is 10.0 Å². The molecule has 0 unspecified atom stereocenters. The molecule has 0 aliphatic carbocycles. The van der Waals surface area contributed by atoms with Gasteiger partial charge in [0.15, 0.2) is 5.69 Å². The van der Waals surface area contributed by atoms with Crippen molar-refractivity contribution in [1.29, 1.82) is 0 Å². The molecule has 24 heavy (non-hydrogen) atoms. The van der Waals surface area contributed by atoms with Crippen LogP contribution < -0.4 is 0 Å². The smallest absolute Gasteiger partial charge is 0.270 e. The minimum atomic E-state index is -0.585.